The molecule has 32 heavy (non-hydrogen) atoms. The standard InChI is InChI=1S/C24H25FN2O3S2/c25-19-9-7-18(8-10-19)14-26(16-21-5-2-12-31-21)23(28)17-27(15-20-4-1-11-30-20)24(29)22-6-3-13-32-22/h2-3,5-10,12-13,20H,1,4,11,14-17H2. The van der Waals surface area contributed by atoms with Gasteiger partial charge in [0.05, 0.1) is 17.5 Å². The fraction of sp³-hybridized carbons (Fsp3) is 0.333. The second-order valence-corrected chi connectivity index (χ2v) is 9.73. The van der Waals surface area contributed by atoms with E-state index in [1.165, 1.54) is 23.5 Å². The molecule has 4 rings (SSSR count). The lowest BCUT2D eigenvalue weighted by atomic mass is 10.2. The average Bonchev–Trinajstić information content (AvgIpc) is 3.57. The number of carbonyl (C=O) groups is 2. The second kappa shape index (κ2) is 10.8. The van der Waals surface area contributed by atoms with Gasteiger partial charge in [0.1, 0.15) is 12.4 Å². The van der Waals surface area contributed by atoms with E-state index >= 15 is 0 Å². The molecule has 0 aliphatic carbocycles. The molecular weight excluding hydrogens is 447 g/mol. The molecule has 3 heterocycles. The monoisotopic (exact) mass is 472 g/mol. The molecule has 8 heteroatoms. The molecule has 1 atom stereocenters. The van der Waals surface area contributed by atoms with E-state index in [4.69, 9.17) is 4.74 Å². The molecule has 1 aromatic carbocycles. The highest BCUT2D eigenvalue weighted by atomic mass is 32.1. The molecule has 5 nitrogen and oxygen atoms in total. The zero-order valence-corrected chi connectivity index (χ0v) is 19.2. The molecule has 0 saturated carbocycles. The van der Waals surface area contributed by atoms with Gasteiger partial charge >= 0.3 is 0 Å². The Balaban J connectivity index is 1.52. The average molecular weight is 473 g/mol. The van der Waals surface area contributed by atoms with Crippen molar-refractivity contribution in [1.82, 2.24) is 9.80 Å². The molecule has 1 fully saturated rings. The number of halogens is 1. The van der Waals surface area contributed by atoms with Crippen LogP contribution in [0.1, 0.15) is 33.0 Å². The van der Waals surface area contributed by atoms with E-state index < -0.39 is 0 Å². The number of rotatable bonds is 9. The maximum Gasteiger partial charge on any atom is 0.264 e. The number of hydrogen-bond acceptors (Lipinski definition) is 5. The van der Waals surface area contributed by atoms with Crippen molar-refractivity contribution in [3.8, 4) is 0 Å². The van der Waals surface area contributed by atoms with Crippen LogP contribution in [0.5, 0.6) is 0 Å². The summed E-state index contributed by atoms with van der Waals surface area (Å²) >= 11 is 2.95. The molecule has 0 radical (unpaired) electrons. The zero-order chi connectivity index (χ0) is 22.3. The van der Waals surface area contributed by atoms with E-state index in [2.05, 4.69) is 0 Å². The summed E-state index contributed by atoms with van der Waals surface area (Å²) in [5.74, 6) is -0.610. The molecule has 2 aromatic heterocycles. The minimum Gasteiger partial charge on any atom is -0.376 e. The van der Waals surface area contributed by atoms with Gasteiger partial charge in [0.25, 0.3) is 5.91 Å². The molecule has 0 N–H and O–H groups in total. The molecule has 0 bridgehead atoms. The first-order chi connectivity index (χ1) is 15.6. The quantitative estimate of drug-likeness (QED) is 0.450. The summed E-state index contributed by atoms with van der Waals surface area (Å²) in [7, 11) is 0. The number of benzene rings is 1. The highest BCUT2D eigenvalue weighted by molar-refractivity contribution is 7.12. The van der Waals surface area contributed by atoms with Crippen molar-refractivity contribution in [3.05, 3.63) is 80.4 Å². The van der Waals surface area contributed by atoms with E-state index in [0.29, 0.717) is 31.1 Å². The van der Waals surface area contributed by atoms with Crippen LogP contribution in [0, 0.1) is 5.82 Å². The number of amides is 2. The minimum absolute atomic E-state index is 0.0246. The van der Waals surface area contributed by atoms with Crippen LogP contribution in [0.25, 0.3) is 0 Å². The summed E-state index contributed by atoms with van der Waals surface area (Å²) in [6.45, 7) is 1.84. The lowest BCUT2D eigenvalue weighted by Gasteiger charge is -2.29. The van der Waals surface area contributed by atoms with Gasteiger partial charge in [-0.3, -0.25) is 9.59 Å². The Bertz CT molecular complexity index is 1000. The van der Waals surface area contributed by atoms with Crippen molar-refractivity contribution in [1.29, 1.82) is 0 Å². The van der Waals surface area contributed by atoms with Crippen LogP contribution in [-0.4, -0.2) is 47.4 Å². The molecule has 168 valence electrons. The summed E-state index contributed by atoms with van der Waals surface area (Å²) in [5.41, 5.74) is 0.839. The molecule has 1 unspecified atom stereocenters. The van der Waals surface area contributed by atoms with Crippen molar-refractivity contribution < 1.29 is 18.7 Å². The van der Waals surface area contributed by atoms with Crippen molar-refractivity contribution >= 4 is 34.5 Å². The number of nitrogens with zero attached hydrogens (tertiary/aromatic N) is 2. The van der Waals surface area contributed by atoms with Gasteiger partial charge in [-0.1, -0.05) is 24.3 Å². The van der Waals surface area contributed by atoms with Crippen LogP contribution in [0.4, 0.5) is 4.39 Å². The van der Waals surface area contributed by atoms with Gasteiger partial charge in [0, 0.05) is 24.6 Å². The fourth-order valence-corrected chi connectivity index (χ4v) is 5.12. The van der Waals surface area contributed by atoms with E-state index in [1.807, 2.05) is 29.0 Å². The maximum atomic E-state index is 13.4. The summed E-state index contributed by atoms with van der Waals surface area (Å²) in [4.78, 5) is 31.6. The topological polar surface area (TPSA) is 49.9 Å². The molecule has 3 aromatic rings. The number of ether oxygens (including phenoxy) is 1. The molecule has 0 spiro atoms. The smallest absolute Gasteiger partial charge is 0.264 e. The van der Waals surface area contributed by atoms with Crippen LogP contribution < -0.4 is 0 Å². The molecule has 1 aliphatic heterocycles. The fourth-order valence-electron chi connectivity index (χ4n) is 3.71. The first-order valence-corrected chi connectivity index (χ1v) is 12.3. The van der Waals surface area contributed by atoms with Gasteiger partial charge in [-0.05, 0) is 53.4 Å². The van der Waals surface area contributed by atoms with Gasteiger partial charge in [0.15, 0.2) is 0 Å². The van der Waals surface area contributed by atoms with Crippen molar-refractivity contribution in [2.75, 3.05) is 19.7 Å². The first kappa shape index (κ1) is 22.6. The lowest BCUT2D eigenvalue weighted by molar-refractivity contribution is -0.133. The summed E-state index contributed by atoms with van der Waals surface area (Å²) in [5, 5.41) is 3.83. The minimum atomic E-state index is -0.311. The van der Waals surface area contributed by atoms with Crippen LogP contribution >= 0.6 is 22.7 Å². The van der Waals surface area contributed by atoms with E-state index in [0.717, 1.165) is 23.3 Å². The van der Waals surface area contributed by atoms with Crippen molar-refractivity contribution in [2.24, 2.45) is 0 Å². The van der Waals surface area contributed by atoms with Crippen molar-refractivity contribution in [3.63, 3.8) is 0 Å². The SMILES string of the molecule is O=C(CN(CC1CCCO1)C(=O)c1cccs1)N(Cc1ccc(F)cc1)Cc1cccs1. The number of carbonyl (C=O) groups excluding carboxylic acids is 2. The third-order valence-electron chi connectivity index (χ3n) is 5.36. The Morgan fingerprint density at radius 3 is 2.44 bits per heavy atom. The molecule has 1 aliphatic rings. The van der Waals surface area contributed by atoms with Crippen molar-refractivity contribution in [2.45, 2.75) is 32.0 Å². The second-order valence-electron chi connectivity index (χ2n) is 7.75. The maximum absolute atomic E-state index is 13.4. The van der Waals surface area contributed by atoms with Gasteiger partial charge in [-0.25, -0.2) is 4.39 Å². The van der Waals surface area contributed by atoms with Crippen LogP contribution in [0.3, 0.4) is 0 Å². The summed E-state index contributed by atoms with van der Waals surface area (Å²) in [6.07, 6.45) is 1.81. The zero-order valence-electron chi connectivity index (χ0n) is 17.6. The highest BCUT2D eigenvalue weighted by Crippen LogP contribution is 2.19. The molecule has 2 amide bonds. The number of thiophene rings is 2. The predicted octanol–water partition coefficient (Wildman–Crippen LogP) is 4.80. The van der Waals surface area contributed by atoms with Gasteiger partial charge < -0.3 is 14.5 Å². The Morgan fingerprint density at radius 1 is 1.00 bits per heavy atom. The summed E-state index contributed by atoms with van der Waals surface area (Å²) < 4.78 is 19.1. The largest absolute Gasteiger partial charge is 0.376 e. The highest BCUT2D eigenvalue weighted by Gasteiger charge is 2.27. The Morgan fingerprint density at radius 2 is 1.78 bits per heavy atom. The van der Waals surface area contributed by atoms with Gasteiger partial charge in [-0.15, -0.1) is 22.7 Å². The first-order valence-electron chi connectivity index (χ1n) is 10.6. The van der Waals surface area contributed by atoms with Crippen LogP contribution in [0.15, 0.2) is 59.3 Å². The van der Waals surface area contributed by atoms with E-state index in [-0.39, 0.29) is 30.3 Å². The van der Waals surface area contributed by atoms with Gasteiger partial charge in [0.2, 0.25) is 5.91 Å². The Kier molecular flexibility index (Phi) is 7.68. The van der Waals surface area contributed by atoms with Crippen LogP contribution in [-0.2, 0) is 22.6 Å². The van der Waals surface area contributed by atoms with Crippen LogP contribution in [0.2, 0.25) is 0 Å². The lowest BCUT2D eigenvalue weighted by Crippen LogP contribution is -2.45. The Labute approximate surface area is 195 Å². The molecule has 1 saturated heterocycles. The van der Waals surface area contributed by atoms with E-state index in [1.54, 1.807) is 39.3 Å². The third kappa shape index (κ3) is 6.03. The third-order valence-corrected chi connectivity index (χ3v) is 7.08. The Hall–Kier alpha value is -2.55. The molecular formula is C24H25FN2O3S2. The van der Waals surface area contributed by atoms with Gasteiger partial charge in [-0.2, -0.15) is 0 Å². The normalized spacial score (nSPS) is 15.6. The predicted molar refractivity (Wildman–Crippen MR) is 124 cm³/mol. The number of hydrogen-bond donors (Lipinski definition) is 0. The summed E-state index contributed by atoms with van der Waals surface area (Å²) in [6, 6.07) is 13.7. The van der Waals surface area contributed by atoms with E-state index in [9.17, 15) is 14.0 Å².